The average molecular weight is 252 g/mol. The van der Waals surface area contributed by atoms with E-state index in [4.69, 9.17) is 10.2 Å². The first-order chi connectivity index (χ1) is 8.16. The summed E-state index contributed by atoms with van der Waals surface area (Å²) in [6, 6.07) is 6.25. The molecule has 3 nitrogen and oxygen atoms in total. The molecule has 0 fully saturated rings. The van der Waals surface area contributed by atoms with Gasteiger partial charge in [-0.1, -0.05) is 23.9 Å². The number of hydrogen-bond donors (Lipinski definition) is 1. The topological polar surface area (TPSA) is 52.0 Å². The molecule has 0 aliphatic rings. The Morgan fingerprint density at radius 2 is 2.06 bits per heavy atom. The van der Waals surface area contributed by atoms with Crippen molar-refractivity contribution in [2.75, 3.05) is 0 Å². The molecular formula is C12H13FN2OS. The molecule has 2 aromatic rings. The summed E-state index contributed by atoms with van der Waals surface area (Å²) in [4.78, 5) is 4.05. The van der Waals surface area contributed by atoms with Crippen molar-refractivity contribution < 1.29 is 8.81 Å². The van der Waals surface area contributed by atoms with Gasteiger partial charge < -0.3 is 10.2 Å². The smallest absolute Gasteiger partial charge is 0.256 e. The lowest BCUT2D eigenvalue weighted by atomic mass is 10.1. The summed E-state index contributed by atoms with van der Waals surface area (Å²) in [6.45, 7) is 1.91. The van der Waals surface area contributed by atoms with E-state index in [9.17, 15) is 4.39 Å². The number of oxazole rings is 1. The van der Waals surface area contributed by atoms with E-state index in [1.807, 2.05) is 6.92 Å². The Hall–Kier alpha value is -1.33. The van der Waals surface area contributed by atoms with Crippen LogP contribution in [0.2, 0.25) is 0 Å². The summed E-state index contributed by atoms with van der Waals surface area (Å²) < 4.78 is 18.0. The van der Waals surface area contributed by atoms with Crippen LogP contribution in [0.4, 0.5) is 4.39 Å². The van der Waals surface area contributed by atoms with Gasteiger partial charge in [-0.05, 0) is 24.6 Å². The molecule has 0 aliphatic carbocycles. The second-order valence-electron chi connectivity index (χ2n) is 3.75. The maximum atomic E-state index is 12.9. The molecule has 1 aromatic carbocycles. The molecule has 0 amide bonds. The number of nitrogens with two attached hydrogens (primary N) is 1. The van der Waals surface area contributed by atoms with Gasteiger partial charge in [0.15, 0.2) is 0 Å². The van der Waals surface area contributed by atoms with Crippen LogP contribution in [0, 0.1) is 5.82 Å². The third kappa shape index (κ3) is 3.08. The van der Waals surface area contributed by atoms with Gasteiger partial charge in [0.25, 0.3) is 5.22 Å². The fraction of sp³-hybridized carbons (Fsp3) is 0.250. The number of thioether (sulfide) groups is 1. The monoisotopic (exact) mass is 252 g/mol. The Morgan fingerprint density at radius 3 is 2.59 bits per heavy atom. The SMILES string of the molecule is CC(N)C(Sc1ncco1)c1ccc(F)cc1. The maximum Gasteiger partial charge on any atom is 0.256 e. The summed E-state index contributed by atoms with van der Waals surface area (Å²) in [7, 11) is 0. The molecule has 17 heavy (non-hydrogen) atoms. The number of halogens is 1. The van der Waals surface area contributed by atoms with E-state index in [0.717, 1.165) is 5.56 Å². The molecule has 0 saturated carbocycles. The van der Waals surface area contributed by atoms with Crippen molar-refractivity contribution in [2.24, 2.45) is 5.73 Å². The van der Waals surface area contributed by atoms with Gasteiger partial charge in [-0.3, -0.25) is 0 Å². The highest BCUT2D eigenvalue weighted by molar-refractivity contribution is 7.99. The summed E-state index contributed by atoms with van der Waals surface area (Å²) in [6.07, 6.45) is 3.11. The van der Waals surface area contributed by atoms with Crippen LogP contribution < -0.4 is 5.73 Å². The van der Waals surface area contributed by atoms with Crippen molar-refractivity contribution in [2.45, 2.75) is 23.4 Å². The van der Waals surface area contributed by atoms with E-state index in [1.165, 1.54) is 30.2 Å². The van der Waals surface area contributed by atoms with Crippen LogP contribution in [-0.4, -0.2) is 11.0 Å². The standard InChI is InChI=1S/C12H13FN2OS/c1-8(14)11(17-12-15-6-7-16-12)9-2-4-10(13)5-3-9/h2-8,11H,14H2,1H3. The van der Waals surface area contributed by atoms with Crippen molar-refractivity contribution in [1.29, 1.82) is 0 Å². The molecule has 2 atom stereocenters. The van der Waals surface area contributed by atoms with Gasteiger partial charge in [0.05, 0.1) is 11.4 Å². The van der Waals surface area contributed by atoms with Gasteiger partial charge in [0.2, 0.25) is 0 Å². The third-order valence-corrected chi connectivity index (χ3v) is 3.67. The lowest BCUT2D eigenvalue weighted by Crippen LogP contribution is -2.22. The summed E-state index contributed by atoms with van der Waals surface area (Å²) >= 11 is 1.44. The third-order valence-electron chi connectivity index (χ3n) is 2.31. The lowest BCUT2D eigenvalue weighted by molar-refractivity contribution is 0.452. The van der Waals surface area contributed by atoms with Gasteiger partial charge in [0.1, 0.15) is 12.1 Å². The maximum absolute atomic E-state index is 12.9. The quantitative estimate of drug-likeness (QED) is 0.850. The molecule has 2 N–H and O–H groups in total. The van der Waals surface area contributed by atoms with E-state index in [0.29, 0.717) is 5.22 Å². The van der Waals surface area contributed by atoms with Gasteiger partial charge in [-0.25, -0.2) is 9.37 Å². The molecular weight excluding hydrogens is 239 g/mol. The molecule has 1 aromatic heterocycles. The van der Waals surface area contributed by atoms with Crippen molar-refractivity contribution in [3.8, 4) is 0 Å². The van der Waals surface area contributed by atoms with Crippen LogP contribution >= 0.6 is 11.8 Å². The van der Waals surface area contributed by atoms with Crippen LogP contribution in [0.3, 0.4) is 0 Å². The molecule has 0 radical (unpaired) electrons. The van der Waals surface area contributed by atoms with Crippen LogP contribution in [0.5, 0.6) is 0 Å². The minimum atomic E-state index is -0.252. The molecule has 0 aliphatic heterocycles. The highest BCUT2D eigenvalue weighted by Crippen LogP contribution is 2.36. The first-order valence-corrected chi connectivity index (χ1v) is 6.12. The molecule has 5 heteroatoms. The van der Waals surface area contributed by atoms with E-state index in [2.05, 4.69) is 4.98 Å². The van der Waals surface area contributed by atoms with Crippen molar-refractivity contribution in [3.05, 3.63) is 48.1 Å². The highest BCUT2D eigenvalue weighted by Gasteiger charge is 2.19. The fourth-order valence-electron chi connectivity index (χ4n) is 1.51. The van der Waals surface area contributed by atoms with Crippen molar-refractivity contribution in [1.82, 2.24) is 4.98 Å². The van der Waals surface area contributed by atoms with Crippen LogP contribution in [0.1, 0.15) is 17.7 Å². The minimum Gasteiger partial charge on any atom is -0.440 e. The number of hydrogen-bond acceptors (Lipinski definition) is 4. The largest absolute Gasteiger partial charge is 0.440 e. The van der Waals surface area contributed by atoms with E-state index >= 15 is 0 Å². The zero-order valence-electron chi connectivity index (χ0n) is 9.34. The van der Waals surface area contributed by atoms with Crippen LogP contribution in [0.25, 0.3) is 0 Å². The Kier molecular flexibility index (Phi) is 3.81. The Labute approximate surface area is 103 Å². The van der Waals surface area contributed by atoms with Crippen molar-refractivity contribution >= 4 is 11.8 Å². The summed E-state index contributed by atoms with van der Waals surface area (Å²) in [5.41, 5.74) is 6.90. The highest BCUT2D eigenvalue weighted by atomic mass is 32.2. The number of benzene rings is 1. The second-order valence-corrected chi connectivity index (χ2v) is 4.84. The Balaban J connectivity index is 2.20. The van der Waals surface area contributed by atoms with Gasteiger partial charge >= 0.3 is 0 Å². The van der Waals surface area contributed by atoms with Gasteiger partial charge in [0, 0.05) is 6.04 Å². The number of rotatable bonds is 4. The zero-order valence-corrected chi connectivity index (χ0v) is 10.2. The zero-order chi connectivity index (χ0) is 12.3. The number of nitrogens with zero attached hydrogens (tertiary/aromatic N) is 1. The first-order valence-electron chi connectivity index (χ1n) is 5.24. The summed E-state index contributed by atoms with van der Waals surface area (Å²) in [5, 5.41) is 0.561. The Bertz CT molecular complexity index is 456. The predicted octanol–water partition coefficient (Wildman–Crippen LogP) is 2.99. The average Bonchev–Trinajstić information content (AvgIpc) is 2.80. The number of aromatic nitrogens is 1. The first kappa shape index (κ1) is 12.1. The van der Waals surface area contributed by atoms with Crippen molar-refractivity contribution in [3.63, 3.8) is 0 Å². The van der Waals surface area contributed by atoms with E-state index in [-0.39, 0.29) is 17.1 Å². The van der Waals surface area contributed by atoms with Crippen LogP contribution in [-0.2, 0) is 0 Å². The van der Waals surface area contributed by atoms with Gasteiger partial charge in [-0.15, -0.1) is 0 Å². The van der Waals surface area contributed by atoms with E-state index < -0.39 is 0 Å². The normalized spacial score (nSPS) is 14.5. The molecule has 2 rings (SSSR count). The van der Waals surface area contributed by atoms with E-state index in [1.54, 1.807) is 18.3 Å². The van der Waals surface area contributed by atoms with Gasteiger partial charge in [-0.2, -0.15) is 0 Å². The molecule has 2 unspecified atom stereocenters. The minimum absolute atomic E-state index is 0.00532. The lowest BCUT2D eigenvalue weighted by Gasteiger charge is -2.18. The molecule has 0 bridgehead atoms. The van der Waals surface area contributed by atoms with Crippen LogP contribution in [0.15, 0.2) is 46.4 Å². The second kappa shape index (κ2) is 5.33. The fourth-order valence-corrected chi connectivity index (χ4v) is 2.47. The Morgan fingerprint density at radius 1 is 1.35 bits per heavy atom. The molecule has 0 saturated heterocycles. The molecule has 90 valence electrons. The summed E-state index contributed by atoms with van der Waals surface area (Å²) in [5.74, 6) is -0.252. The molecule has 1 heterocycles. The molecule has 0 spiro atoms. The predicted molar refractivity (Wildman–Crippen MR) is 65.2 cm³/mol.